The van der Waals surface area contributed by atoms with Crippen molar-refractivity contribution in [1.29, 1.82) is 0 Å². The SMILES string of the molecule is CCOC(=O)c1ccc(NC(=S)NC2(c3ccc(C)cc3)CCCC2)cc1Cl. The molecule has 0 radical (unpaired) electrons. The lowest BCUT2D eigenvalue weighted by molar-refractivity contribution is 0.0526. The Balaban J connectivity index is 1.72. The summed E-state index contributed by atoms with van der Waals surface area (Å²) < 4.78 is 5.01. The van der Waals surface area contributed by atoms with E-state index in [1.54, 1.807) is 25.1 Å². The first-order valence-electron chi connectivity index (χ1n) is 9.56. The van der Waals surface area contributed by atoms with Gasteiger partial charge in [0.05, 0.1) is 22.7 Å². The molecule has 0 heterocycles. The number of halogens is 1. The van der Waals surface area contributed by atoms with Crippen molar-refractivity contribution in [3.05, 3.63) is 64.2 Å². The van der Waals surface area contributed by atoms with Gasteiger partial charge < -0.3 is 15.4 Å². The Kier molecular flexibility index (Phi) is 6.57. The molecule has 2 aromatic rings. The number of rotatable bonds is 5. The summed E-state index contributed by atoms with van der Waals surface area (Å²) in [6.45, 7) is 4.16. The molecule has 0 atom stereocenters. The van der Waals surface area contributed by atoms with E-state index in [4.69, 9.17) is 28.6 Å². The van der Waals surface area contributed by atoms with Gasteiger partial charge in [0.15, 0.2) is 5.11 Å². The first kappa shape index (κ1) is 20.6. The van der Waals surface area contributed by atoms with Crippen LogP contribution in [0, 0.1) is 6.92 Å². The summed E-state index contributed by atoms with van der Waals surface area (Å²) in [7, 11) is 0. The fourth-order valence-electron chi connectivity index (χ4n) is 3.68. The van der Waals surface area contributed by atoms with Crippen molar-refractivity contribution in [3.63, 3.8) is 0 Å². The van der Waals surface area contributed by atoms with E-state index in [2.05, 4.69) is 41.8 Å². The highest BCUT2D eigenvalue weighted by Crippen LogP contribution is 2.39. The maximum atomic E-state index is 11.9. The molecule has 0 saturated heterocycles. The Labute approximate surface area is 176 Å². The number of benzene rings is 2. The number of carbonyl (C=O) groups is 1. The molecule has 6 heteroatoms. The van der Waals surface area contributed by atoms with Gasteiger partial charge in [-0.15, -0.1) is 0 Å². The number of esters is 1. The van der Waals surface area contributed by atoms with Crippen LogP contribution in [0.25, 0.3) is 0 Å². The van der Waals surface area contributed by atoms with E-state index in [0.29, 0.717) is 22.3 Å². The van der Waals surface area contributed by atoms with E-state index in [9.17, 15) is 4.79 Å². The zero-order valence-electron chi connectivity index (χ0n) is 16.2. The third kappa shape index (κ3) is 4.65. The Morgan fingerprint density at radius 2 is 1.86 bits per heavy atom. The Morgan fingerprint density at radius 1 is 1.18 bits per heavy atom. The summed E-state index contributed by atoms with van der Waals surface area (Å²) in [6, 6.07) is 13.8. The van der Waals surface area contributed by atoms with Crippen LogP contribution in [-0.4, -0.2) is 17.7 Å². The third-order valence-electron chi connectivity index (χ3n) is 5.14. The number of thiocarbonyl (C=S) groups is 1. The monoisotopic (exact) mass is 416 g/mol. The summed E-state index contributed by atoms with van der Waals surface area (Å²) in [5, 5.41) is 7.61. The van der Waals surface area contributed by atoms with Crippen molar-refractivity contribution in [1.82, 2.24) is 5.32 Å². The highest BCUT2D eigenvalue weighted by molar-refractivity contribution is 7.80. The zero-order chi connectivity index (χ0) is 20.1. The molecule has 0 unspecified atom stereocenters. The van der Waals surface area contributed by atoms with Gasteiger partial charge in [0.1, 0.15) is 0 Å². The second-order valence-electron chi connectivity index (χ2n) is 7.15. The van der Waals surface area contributed by atoms with E-state index >= 15 is 0 Å². The summed E-state index contributed by atoms with van der Waals surface area (Å²) in [6.07, 6.45) is 4.42. The van der Waals surface area contributed by atoms with Gasteiger partial charge in [-0.1, -0.05) is 54.3 Å². The predicted octanol–water partition coefficient (Wildman–Crippen LogP) is 5.58. The Hall–Kier alpha value is -2.11. The van der Waals surface area contributed by atoms with Crippen LogP contribution in [0.15, 0.2) is 42.5 Å². The van der Waals surface area contributed by atoms with Crippen LogP contribution in [0.5, 0.6) is 0 Å². The van der Waals surface area contributed by atoms with Crippen LogP contribution in [0.2, 0.25) is 5.02 Å². The average Bonchev–Trinajstić information content (AvgIpc) is 3.11. The lowest BCUT2D eigenvalue weighted by Gasteiger charge is -2.32. The van der Waals surface area contributed by atoms with Gasteiger partial charge >= 0.3 is 5.97 Å². The minimum atomic E-state index is -0.427. The molecule has 0 bridgehead atoms. The Morgan fingerprint density at radius 3 is 2.46 bits per heavy atom. The molecule has 0 spiro atoms. The second kappa shape index (κ2) is 8.93. The number of ether oxygens (including phenoxy) is 1. The fraction of sp³-hybridized carbons (Fsp3) is 0.364. The molecular formula is C22H25ClN2O2S. The van der Waals surface area contributed by atoms with E-state index in [-0.39, 0.29) is 5.54 Å². The lowest BCUT2D eigenvalue weighted by atomic mass is 9.88. The maximum absolute atomic E-state index is 11.9. The molecule has 0 aliphatic heterocycles. The maximum Gasteiger partial charge on any atom is 0.339 e. The smallest absolute Gasteiger partial charge is 0.339 e. The molecule has 2 N–H and O–H groups in total. The van der Waals surface area contributed by atoms with Gasteiger partial charge in [0.2, 0.25) is 0 Å². The van der Waals surface area contributed by atoms with Crippen molar-refractivity contribution < 1.29 is 9.53 Å². The standard InChI is InChI=1S/C22H25ClN2O2S/c1-3-27-20(26)18-11-10-17(14-19(18)23)24-21(28)25-22(12-4-5-13-22)16-8-6-15(2)7-9-16/h6-11,14H,3-5,12-13H2,1-2H3,(H2,24,25,28). The summed E-state index contributed by atoms with van der Waals surface area (Å²) in [5.74, 6) is -0.427. The molecule has 148 valence electrons. The summed E-state index contributed by atoms with van der Waals surface area (Å²) >= 11 is 11.8. The van der Waals surface area contributed by atoms with Crippen molar-refractivity contribution in [2.45, 2.75) is 45.1 Å². The molecule has 4 nitrogen and oxygen atoms in total. The fourth-order valence-corrected chi connectivity index (χ4v) is 4.25. The van der Waals surface area contributed by atoms with Gasteiger partial charge in [0, 0.05) is 5.69 Å². The van der Waals surface area contributed by atoms with Crippen molar-refractivity contribution in [3.8, 4) is 0 Å². The molecular weight excluding hydrogens is 392 g/mol. The lowest BCUT2D eigenvalue weighted by Crippen LogP contribution is -2.45. The predicted molar refractivity (Wildman–Crippen MR) is 118 cm³/mol. The first-order chi connectivity index (χ1) is 13.4. The van der Waals surface area contributed by atoms with Gasteiger partial charge in [0.25, 0.3) is 0 Å². The highest BCUT2D eigenvalue weighted by atomic mass is 35.5. The van der Waals surface area contributed by atoms with Crippen LogP contribution in [0.1, 0.15) is 54.1 Å². The average molecular weight is 417 g/mol. The molecule has 3 rings (SSSR count). The number of hydrogen-bond acceptors (Lipinski definition) is 3. The largest absolute Gasteiger partial charge is 0.462 e. The first-order valence-corrected chi connectivity index (χ1v) is 10.3. The van der Waals surface area contributed by atoms with E-state index < -0.39 is 5.97 Å². The normalized spacial score (nSPS) is 15.1. The van der Waals surface area contributed by atoms with Crippen molar-refractivity contribution in [2.24, 2.45) is 0 Å². The van der Waals surface area contributed by atoms with Crippen LogP contribution >= 0.6 is 23.8 Å². The number of hydrogen-bond donors (Lipinski definition) is 2. The highest BCUT2D eigenvalue weighted by Gasteiger charge is 2.36. The van der Waals surface area contributed by atoms with Crippen LogP contribution in [-0.2, 0) is 10.3 Å². The molecule has 2 aromatic carbocycles. The Bertz CT molecular complexity index is 861. The van der Waals surface area contributed by atoms with E-state index in [1.165, 1.54) is 24.0 Å². The van der Waals surface area contributed by atoms with Crippen LogP contribution in [0.4, 0.5) is 5.69 Å². The number of anilines is 1. The summed E-state index contributed by atoms with van der Waals surface area (Å²) in [4.78, 5) is 11.9. The number of nitrogens with one attached hydrogen (secondary N) is 2. The van der Waals surface area contributed by atoms with E-state index in [1.807, 2.05) is 0 Å². The minimum absolute atomic E-state index is 0.146. The molecule has 1 aliphatic rings. The van der Waals surface area contributed by atoms with Gasteiger partial charge in [-0.3, -0.25) is 0 Å². The molecule has 1 fully saturated rings. The molecule has 0 aromatic heterocycles. The number of aryl methyl sites for hydroxylation is 1. The topological polar surface area (TPSA) is 50.4 Å². The molecule has 1 aliphatic carbocycles. The molecule has 0 amide bonds. The second-order valence-corrected chi connectivity index (χ2v) is 7.96. The molecule has 28 heavy (non-hydrogen) atoms. The van der Waals surface area contributed by atoms with Crippen LogP contribution in [0.3, 0.4) is 0 Å². The quantitative estimate of drug-likeness (QED) is 0.492. The van der Waals surface area contributed by atoms with Crippen molar-refractivity contribution in [2.75, 3.05) is 11.9 Å². The zero-order valence-corrected chi connectivity index (χ0v) is 17.8. The van der Waals surface area contributed by atoms with Gasteiger partial charge in [-0.2, -0.15) is 0 Å². The van der Waals surface area contributed by atoms with Crippen molar-refractivity contribution >= 4 is 40.6 Å². The number of carbonyl (C=O) groups excluding carboxylic acids is 1. The summed E-state index contributed by atoms with van der Waals surface area (Å²) in [5.41, 5.74) is 3.43. The minimum Gasteiger partial charge on any atom is -0.462 e. The van der Waals surface area contributed by atoms with Gasteiger partial charge in [-0.05, 0) is 62.7 Å². The van der Waals surface area contributed by atoms with Gasteiger partial charge in [-0.25, -0.2) is 4.79 Å². The third-order valence-corrected chi connectivity index (χ3v) is 5.65. The van der Waals surface area contributed by atoms with Crippen LogP contribution < -0.4 is 10.6 Å². The molecule has 1 saturated carbocycles. The van der Waals surface area contributed by atoms with E-state index in [0.717, 1.165) is 18.5 Å².